The number of aryl methyl sites for hydroxylation is 2. The van der Waals surface area contributed by atoms with Gasteiger partial charge in [-0.1, -0.05) is 73.4 Å². The molecule has 2 aromatic rings. The summed E-state index contributed by atoms with van der Waals surface area (Å²) < 4.78 is 0. The van der Waals surface area contributed by atoms with Crippen molar-refractivity contribution in [2.24, 2.45) is 51.2 Å². The molecule has 0 aliphatic carbocycles. The fourth-order valence-corrected chi connectivity index (χ4v) is 2.22. The van der Waals surface area contributed by atoms with Crippen LogP contribution in [0.1, 0.15) is 68.7 Å². The topological polar surface area (TPSA) is 264 Å². The molecule has 0 aliphatic heterocycles. The molecule has 0 bridgehead atoms. The quantitative estimate of drug-likeness (QED) is 0.0804. The Morgan fingerprint density at radius 3 is 1.37 bits per heavy atom. The Labute approximate surface area is 309 Å². The van der Waals surface area contributed by atoms with E-state index in [0.717, 1.165) is 42.4 Å². The zero-order valence-corrected chi connectivity index (χ0v) is 34.2. The molecule has 16 N–H and O–H groups in total. The second kappa shape index (κ2) is 44.1. The summed E-state index contributed by atoms with van der Waals surface area (Å²) in [6, 6.07) is 15.2. The fraction of sp³-hybridized carbons (Fsp3) is 0.364. The molecule has 0 aromatic heterocycles. The third-order valence-electron chi connectivity index (χ3n) is 4.71. The minimum Gasteiger partial charge on any atom is -0.563 e. The van der Waals surface area contributed by atoms with Gasteiger partial charge in [0.15, 0.2) is 5.96 Å². The molecule has 1 atom stereocenters. The summed E-state index contributed by atoms with van der Waals surface area (Å²) in [7, 11) is 0. The van der Waals surface area contributed by atoms with Crippen molar-refractivity contribution >= 4 is 30.3 Å². The molecule has 0 saturated heterocycles. The van der Waals surface area contributed by atoms with Crippen molar-refractivity contribution in [3.63, 3.8) is 0 Å². The van der Waals surface area contributed by atoms with Crippen molar-refractivity contribution in [3.8, 4) is 0 Å². The number of guanidine groups is 1. The van der Waals surface area contributed by atoms with Gasteiger partial charge in [0.05, 0.1) is 0 Å². The van der Waals surface area contributed by atoms with Crippen LogP contribution in [-0.4, -0.2) is 36.9 Å². The Bertz CT molecular complexity index is 983. The molecule has 2 rings (SSSR count). The second-order valence-electron chi connectivity index (χ2n) is 9.18. The van der Waals surface area contributed by atoms with Crippen molar-refractivity contribution in [1.82, 2.24) is 0 Å². The van der Waals surface area contributed by atoms with E-state index in [1.54, 1.807) is 0 Å². The maximum Gasteiger partial charge on any atom is 0.185 e. The van der Waals surface area contributed by atoms with E-state index in [1.165, 1.54) is 18.2 Å². The van der Waals surface area contributed by atoms with Crippen LogP contribution in [0.25, 0.3) is 0 Å². The van der Waals surface area contributed by atoms with Gasteiger partial charge in [-0.2, -0.15) is 25.2 Å². The van der Waals surface area contributed by atoms with Gasteiger partial charge in [-0.05, 0) is 26.8 Å². The van der Waals surface area contributed by atoms with Crippen LogP contribution < -0.4 is 34.4 Å². The number of nitrogens with one attached hydrogen (secondary N) is 4. The largest absolute Gasteiger partial charge is 0.563 e. The molecule has 0 amide bonds. The summed E-state index contributed by atoms with van der Waals surface area (Å²) in [6.07, 6.45) is 7.21. The monoisotopic (exact) mass is 977 g/mol. The van der Waals surface area contributed by atoms with Crippen LogP contribution in [0.15, 0.2) is 53.5 Å². The average Bonchev–Trinajstić information content (AvgIpc) is 2.95. The third kappa shape index (κ3) is 53.5. The molecule has 0 heterocycles. The Morgan fingerprint density at radius 1 is 0.783 bits per heavy atom. The molecule has 0 spiro atoms. The van der Waals surface area contributed by atoms with E-state index >= 15 is 0 Å². The predicted octanol–water partition coefficient (Wildman–Crippen LogP) is 4.83. The number of nitrogens with zero attached hydrogens (tertiary/aromatic N) is 1. The molecule has 264 valence electrons. The number of rotatable bonds is 7. The first-order valence-electron chi connectivity index (χ1n) is 13.9. The van der Waals surface area contributed by atoms with Crippen LogP contribution in [0.4, 0.5) is 0 Å². The number of hydrogen-bond donors (Lipinski definition) is 10. The van der Waals surface area contributed by atoms with Gasteiger partial charge in [0, 0.05) is 59.8 Å². The van der Waals surface area contributed by atoms with E-state index in [9.17, 15) is 0 Å². The van der Waals surface area contributed by atoms with Crippen molar-refractivity contribution in [2.45, 2.75) is 60.3 Å². The summed E-state index contributed by atoms with van der Waals surface area (Å²) in [5, 5.41) is 25.7. The molecule has 1 unspecified atom stereocenters. The Kier molecular flexibility index (Phi) is 56.1. The summed E-state index contributed by atoms with van der Waals surface area (Å²) in [6.45, 7) is 25.7. The standard InChI is InChI=1S/2C8H10N2.2C6H12.C3H9N3.2CH3N2.2W/c1-6-2-4-7(5-3-6)8(9)10;1-6-3-2-4-7(5-6)8(9)10;1-4-5-6(2)3;1-4-6(3)5-2;1-2-6-3(4)5;2*2-1-3;;/h2*2-5H,1H3,(H3,9,10);2*6H,1-2,4-5H2,3H3;2H2,1H3,(H4,4,5,6);2*(H3,2,3);;/q;;2*-2;;2*-1;;. The molecule has 13 heteroatoms. The SMILES string of the molecule is CCN=C(N)N.Cc1ccc(C(=N)N)cc1.Cc1cccc(C(=N)N)c1.N=[C-]N.N=[C-]N.[CH2-]CC(C)C[CH2-].[CH2-]CCC([CH2-])C.[W].[W]. The van der Waals surface area contributed by atoms with E-state index in [1.807, 2.05) is 69.3 Å². The normalized spacial score (nSPS) is 8.74. The van der Waals surface area contributed by atoms with Crippen LogP contribution in [0.3, 0.4) is 0 Å². The smallest absolute Gasteiger partial charge is 0.185 e. The van der Waals surface area contributed by atoms with Crippen LogP contribution >= 0.6 is 0 Å². The van der Waals surface area contributed by atoms with Crippen LogP contribution in [0.2, 0.25) is 0 Å². The minimum absolute atomic E-state index is 0. The van der Waals surface area contributed by atoms with Crippen molar-refractivity contribution in [2.75, 3.05) is 6.54 Å². The molecule has 11 nitrogen and oxygen atoms in total. The number of nitrogen functional groups attached to an aromatic ring is 2. The van der Waals surface area contributed by atoms with E-state index in [0.29, 0.717) is 18.4 Å². The van der Waals surface area contributed by atoms with Crippen molar-refractivity contribution in [1.29, 1.82) is 21.6 Å². The van der Waals surface area contributed by atoms with Gasteiger partial charge in [-0.3, -0.25) is 15.8 Å². The van der Waals surface area contributed by atoms with Crippen molar-refractivity contribution in [3.05, 3.63) is 98.5 Å². The maximum atomic E-state index is 7.11. The second-order valence-corrected chi connectivity index (χ2v) is 9.18. The number of hydrogen-bond acceptors (Lipinski definition) is 5. The molecule has 0 aliphatic rings. The van der Waals surface area contributed by atoms with Gasteiger partial charge in [0.1, 0.15) is 11.7 Å². The summed E-state index contributed by atoms with van der Waals surface area (Å²) in [5.74, 6) is 1.72. The van der Waals surface area contributed by atoms with Gasteiger partial charge in [-0.25, -0.2) is 0 Å². The van der Waals surface area contributed by atoms with Gasteiger partial charge in [-0.15, -0.1) is 6.42 Å². The first kappa shape index (κ1) is 58.5. The van der Waals surface area contributed by atoms with Crippen LogP contribution in [-0.2, 0) is 42.1 Å². The maximum absolute atomic E-state index is 7.11. The first-order chi connectivity index (χ1) is 20.6. The molecule has 0 saturated carbocycles. The number of amidine groups is 2. The van der Waals surface area contributed by atoms with Gasteiger partial charge in [0.25, 0.3) is 0 Å². The van der Waals surface area contributed by atoms with Crippen LogP contribution in [0.5, 0.6) is 0 Å². The van der Waals surface area contributed by atoms with E-state index in [2.05, 4.69) is 58.0 Å². The number of aliphatic imine (C=N–C) groups is 1. The van der Waals surface area contributed by atoms with Crippen LogP contribution in [0, 0.1) is 75.0 Å². The van der Waals surface area contributed by atoms with E-state index in [-0.39, 0.29) is 59.8 Å². The summed E-state index contributed by atoms with van der Waals surface area (Å²) in [5.41, 5.74) is 32.8. The molecular weight excluding hydrogens is 918 g/mol. The molecule has 2 aromatic carbocycles. The van der Waals surface area contributed by atoms with Gasteiger partial charge in [0.2, 0.25) is 0 Å². The fourth-order valence-electron chi connectivity index (χ4n) is 2.22. The number of benzene rings is 2. The zero-order valence-electron chi connectivity index (χ0n) is 28.4. The molecule has 0 radical (unpaired) electrons. The summed E-state index contributed by atoms with van der Waals surface area (Å²) >= 11 is 0. The Morgan fingerprint density at radius 2 is 1.20 bits per heavy atom. The number of nitrogens with two attached hydrogens (primary N) is 6. The van der Waals surface area contributed by atoms with E-state index < -0.39 is 0 Å². The first-order valence-corrected chi connectivity index (χ1v) is 13.9. The Balaban J connectivity index is -0.0000000798. The van der Waals surface area contributed by atoms with E-state index in [4.69, 9.17) is 44.6 Å². The van der Waals surface area contributed by atoms with Gasteiger partial charge < -0.3 is 85.6 Å². The van der Waals surface area contributed by atoms with Crippen molar-refractivity contribution < 1.29 is 42.1 Å². The Hall–Kier alpha value is -3.03. The average molecular weight is 978 g/mol. The molecule has 0 fully saturated rings. The predicted molar refractivity (Wildman–Crippen MR) is 193 cm³/mol. The zero-order chi connectivity index (χ0) is 35.5. The minimum atomic E-state index is 0. The molecule has 46 heavy (non-hydrogen) atoms. The molecular formula is C33H59N11W2-6. The third-order valence-corrected chi connectivity index (χ3v) is 4.71. The van der Waals surface area contributed by atoms with Gasteiger partial charge >= 0.3 is 0 Å². The summed E-state index contributed by atoms with van der Waals surface area (Å²) in [4.78, 5) is 3.60.